The largest absolute Gasteiger partial charge is 0.356 e. The van der Waals surface area contributed by atoms with Crippen molar-refractivity contribution in [1.82, 2.24) is 10.2 Å². The van der Waals surface area contributed by atoms with E-state index in [9.17, 15) is 18.8 Å². The van der Waals surface area contributed by atoms with Crippen molar-refractivity contribution >= 4 is 23.4 Å². The Kier molecular flexibility index (Phi) is 5.47. The van der Waals surface area contributed by atoms with Gasteiger partial charge in [0.25, 0.3) is 0 Å². The molecule has 0 saturated carbocycles. The molecule has 0 radical (unpaired) electrons. The van der Waals surface area contributed by atoms with Gasteiger partial charge in [-0.3, -0.25) is 14.4 Å². The van der Waals surface area contributed by atoms with Gasteiger partial charge in [-0.1, -0.05) is 31.2 Å². The van der Waals surface area contributed by atoms with Gasteiger partial charge >= 0.3 is 0 Å². The zero-order valence-electron chi connectivity index (χ0n) is 20.9. The van der Waals surface area contributed by atoms with Crippen molar-refractivity contribution in [3.05, 3.63) is 42.2 Å². The summed E-state index contributed by atoms with van der Waals surface area (Å²) >= 11 is 0. The van der Waals surface area contributed by atoms with E-state index < -0.39 is 51.9 Å². The average Bonchev–Trinajstić information content (AvgIpc) is 3.29. The van der Waals surface area contributed by atoms with Gasteiger partial charge < -0.3 is 20.3 Å². The monoisotopic (exact) mass is 471 g/mol. The van der Waals surface area contributed by atoms with Crippen LogP contribution < -0.4 is 10.6 Å². The van der Waals surface area contributed by atoms with Gasteiger partial charge in [-0.2, -0.15) is 0 Å². The summed E-state index contributed by atoms with van der Waals surface area (Å²) < 4.78 is 20.7. The number of carbonyl (C=O) groups is 3. The van der Waals surface area contributed by atoms with Crippen LogP contribution in [-0.2, 0) is 19.1 Å². The van der Waals surface area contributed by atoms with E-state index in [0.717, 1.165) is 0 Å². The van der Waals surface area contributed by atoms with Gasteiger partial charge in [0, 0.05) is 11.1 Å². The number of ether oxygens (including phenoxy) is 1. The van der Waals surface area contributed by atoms with E-state index in [4.69, 9.17) is 4.74 Å². The van der Waals surface area contributed by atoms with Crippen LogP contribution in [0.3, 0.4) is 0 Å². The van der Waals surface area contributed by atoms with Crippen LogP contribution in [0.2, 0.25) is 0 Å². The number of halogens is 1. The molecule has 2 N–H and O–H groups in total. The molecule has 5 unspecified atom stereocenters. The summed E-state index contributed by atoms with van der Waals surface area (Å²) in [6, 6.07) is 4.95. The Labute approximate surface area is 200 Å². The molecule has 4 rings (SSSR count). The predicted molar refractivity (Wildman–Crippen MR) is 126 cm³/mol. The van der Waals surface area contributed by atoms with Crippen molar-refractivity contribution in [2.24, 2.45) is 11.8 Å². The third kappa shape index (κ3) is 3.54. The van der Waals surface area contributed by atoms with Crippen molar-refractivity contribution in [1.29, 1.82) is 0 Å². The molecule has 3 amide bonds. The van der Waals surface area contributed by atoms with E-state index in [1.807, 2.05) is 41.5 Å². The zero-order valence-corrected chi connectivity index (χ0v) is 20.9. The maximum Gasteiger partial charge on any atom is 0.246 e. The van der Waals surface area contributed by atoms with E-state index >= 15 is 0 Å². The van der Waals surface area contributed by atoms with Crippen LogP contribution in [0.5, 0.6) is 0 Å². The number of para-hydroxylation sites is 1. The summed E-state index contributed by atoms with van der Waals surface area (Å²) in [5.74, 6) is -3.54. The average molecular weight is 472 g/mol. The maximum atomic E-state index is 14.3. The molecule has 184 valence electrons. The van der Waals surface area contributed by atoms with Crippen LogP contribution >= 0.6 is 0 Å². The van der Waals surface area contributed by atoms with E-state index in [0.29, 0.717) is 6.42 Å². The molecule has 3 heterocycles. The van der Waals surface area contributed by atoms with Gasteiger partial charge in [0.1, 0.15) is 17.5 Å². The summed E-state index contributed by atoms with van der Waals surface area (Å²) in [4.78, 5) is 42.8. The molecule has 3 aliphatic rings. The third-order valence-electron chi connectivity index (χ3n) is 7.38. The van der Waals surface area contributed by atoms with Crippen LogP contribution in [0, 0.1) is 17.7 Å². The van der Waals surface area contributed by atoms with Gasteiger partial charge in [-0.25, -0.2) is 4.39 Å². The molecule has 7 nitrogen and oxygen atoms in total. The first-order chi connectivity index (χ1) is 15.7. The molecule has 0 aromatic heterocycles. The molecule has 1 spiro atoms. The summed E-state index contributed by atoms with van der Waals surface area (Å²) in [6.07, 6.45) is 4.15. The molecule has 1 aromatic carbocycles. The summed E-state index contributed by atoms with van der Waals surface area (Å²) in [7, 11) is 0. The molecule has 3 aliphatic heterocycles. The number of amides is 3. The predicted octanol–water partition coefficient (Wildman–Crippen LogP) is 3.41. The number of carbonyl (C=O) groups excluding carboxylic acids is 3. The molecule has 2 fully saturated rings. The highest BCUT2D eigenvalue weighted by molar-refractivity contribution is 6.03. The van der Waals surface area contributed by atoms with E-state index in [-0.39, 0.29) is 17.5 Å². The molecule has 5 atom stereocenters. The minimum absolute atomic E-state index is 0.0371. The smallest absolute Gasteiger partial charge is 0.246 e. The Morgan fingerprint density at radius 1 is 1.12 bits per heavy atom. The number of nitrogens with one attached hydrogen (secondary N) is 2. The molecular weight excluding hydrogens is 437 g/mol. The van der Waals surface area contributed by atoms with E-state index in [2.05, 4.69) is 10.6 Å². The van der Waals surface area contributed by atoms with Gasteiger partial charge in [0.05, 0.1) is 23.1 Å². The highest BCUT2D eigenvalue weighted by Gasteiger charge is 2.77. The molecule has 2 saturated heterocycles. The standard InChI is InChI=1S/C26H34FN3O4/c1-8-24(5,6)30-19(21(32)29-23(2,3)4)26-14-13-25(7,34-26)17(18(26)22(30)33)20(31)28-16-12-10-9-11-15(16)27/h9-14,17-19H,8H2,1-7H3,(H,28,31)(H,29,32). The van der Waals surface area contributed by atoms with Crippen LogP contribution in [0.15, 0.2) is 36.4 Å². The minimum atomic E-state index is -1.29. The molecule has 2 bridgehead atoms. The third-order valence-corrected chi connectivity index (χ3v) is 7.38. The van der Waals surface area contributed by atoms with Crippen LogP contribution in [0.25, 0.3) is 0 Å². The Bertz CT molecular complexity index is 1080. The number of likely N-dealkylation sites (tertiary alicyclic amines) is 1. The topological polar surface area (TPSA) is 87.7 Å². The molecule has 8 heteroatoms. The van der Waals surface area contributed by atoms with Gasteiger partial charge in [-0.05, 0) is 60.1 Å². The Hall–Kier alpha value is -2.74. The summed E-state index contributed by atoms with van der Waals surface area (Å²) in [6.45, 7) is 13.1. The first-order valence-electron chi connectivity index (χ1n) is 11.8. The van der Waals surface area contributed by atoms with Crippen molar-refractivity contribution < 1.29 is 23.5 Å². The van der Waals surface area contributed by atoms with Crippen LogP contribution in [0.4, 0.5) is 10.1 Å². The van der Waals surface area contributed by atoms with Gasteiger partial charge in [0.15, 0.2) is 0 Å². The zero-order chi connectivity index (χ0) is 25.3. The minimum Gasteiger partial charge on any atom is -0.356 e. The lowest BCUT2D eigenvalue weighted by Crippen LogP contribution is -2.62. The lowest BCUT2D eigenvalue weighted by molar-refractivity contribution is -0.151. The first-order valence-corrected chi connectivity index (χ1v) is 11.8. The van der Waals surface area contributed by atoms with E-state index in [1.54, 1.807) is 30.0 Å². The van der Waals surface area contributed by atoms with E-state index in [1.165, 1.54) is 18.2 Å². The second-order valence-corrected chi connectivity index (χ2v) is 11.4. The van der Waals surface area contributed by atoms with Gasteiger partial charge in [-0.15, -0.1) is 0 Å². The van der Waals surface area contributed by atoms with Crippen LogP contribution in [0.1, 0.15) is 54.9 Å². The normalized spacial score (nSPS) is 32.2. The Balaban J connectivity index is 1.79. The number of anilines is 1. The van der Waals surface area contributed by atoms with Crippen molar-refractivity contribution in [3.63, 3.8) is 0 Å². The van der Waals surface area contributed by atoms with Gasteiger partial charge in [0.2, 0.25) is 17.7 Å². The fourth-order valence-electron chi connectivity index (χ4n) is 5.56. The second-order valence-electron chi connectivity index (χ2n) is 11.4. The summed E-state index contributed by atoms with van der Waals surface area (Å²) in [5, 5.41) is 5.65. The lowest BCUT2D eigenvalue weighted by atomic mass is 9.70. The Morgan fingerprint density at radius 3 is 2.35 bits per heavy atom. The number of rotatable bonds is 5. The maximum absolute atomic E-state index is 14.3. The number of hydrogen-bond acceptors (Lipinski definition) is 4. The second kappa shape index (κ2) is 7.63. The van der Waals surface area contributed by atoms with Crippen molar-refractivity contribution in [3.8, 4) is 0 Å². The molecule has 1 aromatic rings. The number of hydrogen-bond donors (Lipinski definition) is 2. The first kappa shape index (κ1) is 24.4. The summed E-state index contributed by atoms with van der Waals surface area (Å²) in [5.41, 5.74) is -3.53. The number of benzene rings is 1. The lowest BCUT2D eigenvalue weighted by Gasteiger charge is -2.42. The molecule has 0 aliphatic carbocycles. The number of fused-ring (bicyclic) bond motifs is 1. The Morgan fingerprint density at radius 2 is 1.76 bits per heavy atom. The fourth-order valence-corrected chi connectivity index (χ4v) is 5.56. The molecular formula is C26H34FN3O4. The highest BCUT2D eigenvalue weighted by Crippen LogP contribution is 2.61. The highest BCUT2D eigenvalue weighted by atomic mass is 19.1. The van der Waals surface area contributed by atoms with Crippen molar-refractivity contribution in [2.75, 3.05) is 5.32 Å². The SMILES string of the molecule is CCC(C)(C)N1C(=O)C2C(C(=O)Nc3ccccc3F)C3(C)C=CC2(O3)C1C(=O)NC(C)(C)C. The fraction of sp³-hybridized carbons (Fsp3) is 0.577. The number of nitrogens with zero attached hydrogens (tertiary/aromatic N) is 1. The van der Waals surface area contributed by atoms with Crippen LogP contribution in [-0.4, -0.2) is 50.9 Å². The van der Waals surface area contributed by atoms with Crippen molar-refractivity contribution in [2.45, 2.75) is 83.2 Å². The molecule has 34 heavy (non-hydrogen) atoms. The quantitative estimate of drug-likeness (QED) is 0.645.